The van der Waals surface area contributed by atoms with E-state index in [1.54, 1.807) is 36.4 Å². The molecule has 1 amide bonds. The molecule has 1 aromatic carbocycles. The van der Waals surface area contributed by atoms with Crippen LogP contribution in [0.5, 0.6) is 5.75 Å². The Balaban J connectivity index is 2.45. The summed E-state index contributed by atoms with van der Waals surface area (Å²) in [4.78, 5) is 10.9. The molecule has 0 aliphatic heterocycles. The zero-order valence-corrected chi connectivity index (χ0v) is 10.8. The Morgan fingerprint density at radius 2 is 2.21 bits per heavy atom. The minimum atomic E-state index is -0.438. The Morgan fingerprint density at radius 3 is 2.84 bits per heavy atom. The van der Waals surface area contributed by atoms with Gasteiger partial charge in [-0.3, -0.25) is 4.79 Å². The average molecular weight is 278 g/mol. The Hall–Kier alpha value is -2.32. The summed E-state index contributed by atoms with van der Waals surface area (Å²) in [6.45, 7) is 0.404. The van der Waals surface area contributed by atoms with Crippen LogP contribution in [-0.4, -0.2) is 18.7 Å². The molecule has 0 bridgehead atoms. The van der Waals surface area contributed by atoms with Crippen LogP contribution in [0.1, 0.15) is 12.0 Å². The third kappa shape index (κ3) is 6.24. The van der Waals surface area contributed by atoms with Gasteiger partial charge in [-0.15, -0.1) is 0 Å². The van der Waals surface area contributed by atoms with Gasteiger partial charge in [0.25, 0.3) is 5.91 Å². The highest BCUT2D eigenvalue weighted by atomic mass is 35.5. The Labute approximate surface area is 116 Å². The first-order valence-corrected chi connectivity index (χ1v) is 5.87. The molecule has 0 aliphatic rings. The second-order valence-electron chi connectivity index (χ2n) is 3.37. The van der Waals surface area contributed by atoms with E-state index in [-0.39, 0.29) is 6.42 Å². The van der Waals surface area contributed by atoms with E-state index in [0.29, 0.717) is 12.4 Å². The number of nitriles is 1. The summed E-state index contributed by atoms with van der Waals surface area (Å²) in [5.41, 5.74) is 4.44. The van der Waals surface area contributed by atoms with Crippen molar-refractivity contribution in [2.24, 2.45) is 5.10 Å². The number of hydrazone groups is 1. The van der Waals surface area contributed by atoms with Crippen LogP contribution < -0.4 is 10.2 Å². The first-order valence-electron chi connectivity index (χ1n) is 5.43. The number of rotatable bonds is 6. The van der Waals surface area contributed by atoms with Gasteiger partial charge in [-0.2, -0.15) is 10.4 Å². The first kappa shape index (κ1) is 14.7. The summed E-state index contributed by atoms with van der Waals surface area (Å²) in [5.74, 6) is 0.270. The molecular weight excluding hydrogens is 266 g/mol. The van der Waals surface area contributed by atoms with Gasteiger partial charge in [0.2, 0.25) is 0 Å². The number of benzene rings is 1. The SMILES string of the molecule is N#CCC(=O)NN=Cc1ccc(OC/C=C/Cl)cc1. The third-order valence-corrected chi connectivity index (χ3v) is 2.14. The van der Waals surface area contributed by atoms with Crippen molar-refractivity contribution in [1.29, 1.82) is 5.26 Å². The van der Waals surface area contributed by atoms with Crippen molar-refractivity contribution in [1.82, 2.24) is 5.43 Å². The van der Waals surface area contributed by atoms with Crippen molar-refractivity contribution < 1.29 is 9.53 Å². The molecule has 0 unspecified atom stereocenters. The fourth-order valence-electron chi connectivity index (χ4n) is 1.12. The predicted octanol–water partition coefficient (Wildman–Crippen LogP) is 2.18. The summed E-state index contributed by atoms with van der Waals surface area (Å²) >= 11 is 5.37. The van der Waals surface area contributed by atoms with Crippen molar-refractivity contribution >= 4 is 23.7 Å². The van der Waals surface area contributed by atoms with E-state index in [1.807, 2.05) is 0 Å². The largest absolute Gasteiger partial charge is 0.490 e. The lowest BCUT2D eigenvalue weighted by atomic mass is 10.2. The number of hydrogen-bond acceptors (Lipinski definition) is 4. The number of carbonyl (C=O) groups excluding carboxylic acids is 1. The molecule has 6 heteroatoms. The fraction of sp³-hybridized carbons (Fsp3) is 0.154. The molecule has 1 N–H and O–H groups in total. The summed E-state index contributed by atoms with van der Waals surface area (Å²) < 4.78 is 5.35. The number of nitrogens with zero attached hydrogens (tertiary/aromatic N) is 2. The molecule has 0 saturated heterocycles. The molecule has 0 atom stereocenters. The Morgan fingerprint density at radius 1 is 1.47 bits per heavy atom. The molecular formula is C13H12ClN3O2. The molecule has 98 valence electrons. The standard InChI is InChI=1S/C13H12ClN3O2/c14-7-1-9-19-12-4-2-11(3-5-12)10-16-17-13(18)6-8-15/h1-5,7,10H,6,9H2,(H,17,18)/b7-1+,16-10?. The van der Waals surface area contributed by atoms with Crippen molar-refractivity contribution in [2.75, 3.05) is 6.61 Å². The maximum absolute atomic E-state index is 10.9. The van der Waals surface area contributed by atoms with E-state index in [1.165, 1.54) is 11.7 Å². The van der Waals surface area contributed by atoms with Gasteiger partial charge in [0.05, 0.1) is 12.3 Å². The van der Waals surface area contributed by atoms with Gasteiger partial charge in [-0.1, -0.05) is 11.6 Å². The van der Waals surface area contributed by atoms with Crippen LogP contribution in [0, 0.1) is 11.3 Å². The molecule has 0 radical (unpaired) electrons. The smallest absolute Gasteiger partial charge is 0.254 e. The number of hydrogen-bond donors (Lipinski definition) is 1. The molecule has 0 aliphatic carbocycles. The van der Waals surface area contributed by atoms with E-state index in [2.05, 4.69) is 10.5 Å². The van der Waals surface area contributed by atoms with Crippen molar-refractivity contribution in [3.63, 3.8) is 0 Å². The highest BCUT2D eigenvalue weighted by Gasteiger charge is 1.96. The van der Waals surface area contributed by atoms with E-state index < -0.39 is 5.91 Å². The molecule has 0 spiro atoms. The molecule has 0 heterocycles. The molecule has 0 saturated carbocycles. The van der Waals surface area contributed by atoms with Crippen LogP contribution in [0.15, 0.2) is 41.0 Å². The van der Waals surface area contributed by atoms with Gasteiger partial charge < -0.3 is 4.74 Å². The third-order valence-electron chi connectivity index (χ3n) is 1.96. The highest BCUT2D eigenvalue weighted by Crippen LogP contribution is 2.10. The van der Waals surface area contributed by atoms with Crippen molar-refractivity contribution in [3.8, 4) is 11.8 Å². The summed E-state index contributed by atoms with van der Waals surface area (Å²) in [5, 5.41) is 12.0. The first-order chi connectivity index (χ1) is 9.26. The van der Waals surface area contributed by atoms with Crippen molar-refractivity contribution in [2.45, 2.75) is 6.42 Å². The number of nitrogens with one attached hydrogen (secondary N) is 1. The van der Waals surface area contributed by atoms with E-state index in [0.717, 1.165) is 5.56 Å². The maximum atomic E-state index is 10.9. The molecule has 5 nitrogen and oxygen atoms in total. The second kappa shape index (κ2) is 8.72. The van der Waals surface area contributed by atoms with Crippen LogP contribution in [0.25, 0.3) is 0 Å². The quantitative estimate of drug-likeness (QED) is 0.640. The molecule has 1 rings (SSSR count). The van der Waals surface area contributed by atoms with Crippen LogP contribution in [0.4, 0.5) is 0 Å². The minimum absolute atomic E-state index is 0.210. The van der Waals surface area contributed by atoms with Gasteiger partial charge in [-0.05, 0) is 35.9 Å². The molecule has 1 aromatic rings. The Kier molecular flexibility index (Phi) is 6.77. The minimum Gasteiger partial charge on any atom is -0.490 e. The topological polar surface area (TPSA) is 74.5 Å². The van der Waals surface area contributed by atoms with Gasteiger partial charge in [0, 0.05) is 5.54 Å². The lowest BCUT2D eigenvalue weighted by molar-refractivity contribution is -0.120. The zero-order valence-electron chi connectivity index (χ0n) is 10.0. The van der Waals surface area contributed by atoms with Crippen molar-refractivity contribution in [3.05, 3.63) is 41.4 Å². The van der Waals surface area contributed by atoms with Crippen LogP contribution in [-0.2, 0) is 4.79 Å². The molecule has 19 heavy (non-hydrogen) atoms. The highest BCUT2D eigenvalue weighted by molar-refractivity contribution is 6.25. The normalized spacial score (nSPS) is 10.5. The van der Waals surface area contributed by atoms with Gasteiger partial charge in [-0.25, -0.2) is 5.43 Å². The van der Waals surface area contributed by atoms with Crippen LogP contribution >= 0.6 is 11.6 Å². The van der Waals surface area contributed by atoms with Crippen LogP contribution in [0.3, 0.4) is 0 Å². The van der Waals surface area contributed by atoms with Gasteiger partial charge >= 0.3 is 0 Å². The maximum Gasteiger partial charge on any atom is 0.254 e. The monoisotopic (exact) mass is 277 g/mol. The average Bonchev–Trinajstić information content (AvgIpc) is 2.41. The van der Waals surface area contributed by atoms with Gasteiger partial charge in [0.15, 0.2) is 0 Å². The van der Waals surface area contributed by atoms with E-state index >= 15 is 0 Å². The summed E-state index contributed by atoms with van der Waals surface area (Å²) in [6.07, 6.45) is 2.96. The molecule has 0 fully saturated rings. The lowest BCUT2D eigenvalue weighted by Gasteiger charge is -2.02. The fourth-order valence-corrected chi connectivity index (χ4v) is 1.19. The summed E-state index contributed by atoms with van der Waals surface area (Å²) in [7, 11) is 0. The predicted molar refractivity (Wildman–Crippen MR) is 72.9 cm³/mol. The second-order valence-corrected chi connectivity index (χ2v) is 3.62. The zero-order chi connectivity index (χ0) is 13.9. The van der Waals surface area contributed by atoms with Gasteiger partial charge in [0.1, 0.15) is 18.8 Å². The Bertz CT molecular complexity index is 504. The van der Waals surface area contributed by atoms with Crippen LogP contribution in [0.2, 0.25) is 0 Å². The number of carbonyl (C=O) groups is 1. The number of ether oxygens (including phenoxy) is 1. The lowest BCUT2D eigenvalue weighted by Crippen LogP contribution is -2.16. The molecule has 0 aromatic heterocycles. The van der Waals surface area contributed by atoms with E-state index in [9.17, 15) is 4.79 Å². The number of amides is 1. The number of halogens is 1. The van der Waals surface area contributed by atoms with E-state index in [4.69, 9.17) is 21.6 Å². The summed E-state index contributed by atoms with van der Waals surface area (Å²) in [6, 6.07) is 8.87.